The largest absolute Gasteiger partial charge is 0.488 e. The van der Waals surface area contributed by atoms with E-state index in [1.807, 2.05) is 11.9 Å². The topological polar surface area (TPSA) is 55.6 Å². The number of amides is 1. The number of nitrogens with two attached hydrogens (primary N) is 1. The zero-order chi connectivity index (χ0) is 14.9. The van der Waals surface area contributed by atoms with E-state index < -0.39 is 17.6 Å². The monoisotopic (exact) mass is 288 g/mol. The molecule has 110 valence electrons. The smallest absolute Gasteiger partial charge is 0.416 e. The van der Waals surface area contributed by atoms with Gasteiger partial charge in [0.2, 0.25) is 0 Å². The van der Waals surface area contributed by atoms with Gasteiger partial charge >= 0.3 is 6.18 Å². The van der Waals surface area contributed by atoms with Gasteiger partial charge in [0.25, 0.3) is 5.91 Å². The molecule has 2 N–H and O–H groups in total. The number of ether oxygens (including phenoxy) is 1. The fraction of sp³-hybridized carbons (Fsp3) is 0.462. The van der Waals surface area contributed by atoms with Crippen molar-refractivity contribution in [3.05, 3.63) is 29.3 Å². The number of benzene rings is 1. The molecule has 1 aromatic rings. The van der Waals surface area contributed by atoms with Crippen LogP contribution in [0.3, 0.4) is 0 Å². The fourth-order valence-electron chi connectivity index (χ4n) is 2.17. The Morgan fingerprint density at radius 1 is 1.45 bits per heavy atom. The molecule has 7 heteroatoms. The van der Waals surface area contributed by atoms with Crippen LogP contribution in [0.2, 0.25) is 0 Å². The molecule has 0 spiro atoms. The van der Waals surface area contributed by atoms with Gasteiger partial charge in [0.15, 0.2) is 0 Å². The van der Waals surface area contributed by atoms with Crippen molar-refractivity contribution in [1.82, 2.24) is 4.90 Å². The average molecular weight is 288 g/mol. The highest BCUT2D eigenvalue weighted by atomic mass is 19.4. The number of alkyl halides is 3. The lowest BCUT2D eigenvalue weighted by molar-refractivity contribution is -0.137. The maximum Gasteiger partial charge on any atom is 0.416 e. The van der Waals surface area contributed by atoms with Crippen molar-refractivity contribution in [2.45, 2.75) is 18.7 Å². The van der Waals surface area contributed by atoms with Crippen LogP contribution in [0.25, 0.3) is 0 Å². The molecular formula is C13H15F3N2O2. The van der Waals surface area contributed by atoms with Crippen molar-refractivity contribution in [3.63, 3.8) is 0 Å². The fourth-order valence-corrected chi connectivity index (χ4v) is 2.17. The molecule has 1 atom stereocenters. The Balaban J connectivity index is 2.26. The molecule has 1 saturated heterocycles. The van der Waals surface area contributed by atoms with E-state index >= 15 is 0 Å². The van der Waals surface area contributed by atoms with E-state index in [1.54, 1.807) is 0 Å². The Kier molecular flexibility index (Phi) is 3.89. The van der Waals surface area contributed by atoms with Crippen LogP contribution in [0.15, 0.2) is 18.2 Å². The molecule has 0 bridgehead atoms. The number of carbonyl (C=O) groups excluding carboxylic acids is 1. The van der Waals surface area contributed by atoms with E-state index in [0.29, 0.717) is 6.54 Å². The first-order valence-electron chi connectivity index (χ1n) is 6.13. The highest BCUT2D eigenvalue weighted by Gasteiger charge is 2.32. The van der Waals surface area contributed by atoms with Gasteiger partial charge in [-0.3, -0.25) is 4.79 Å². The Morgan fingerprint density at radius 3 is 2.65 bits per heavy atom. The van der Waals surface area contributed by atoms with Gasteiger partial charge in [-0.25, -0.2) is 0 Å². The summed E-state index contributed by atoms with van der Waals surface area (Å²) in [6.45, 7) is 1.51. The number of rotatable bonds is 3. The first-order valence-corrected chi connectivity index (χ1v) is 6.13. The molecular weight excluding hydrogens is 273 g/mol. The molecule has 1 heterocycles. The van der Waals surface area contributed by atoms with Gasteiger partial charge in [-0.1, -0.05) is 0 Å². The van der Waals surface area contributed by atoms with Gasteiger partial charge in [-0.2, -0.15) is 13.2 Å². The molecule has 1 aliphatic rings. The summed E-state index contributed by atoms with van der Waals surface area (Å²) in [7, 11) is 1.92. The summed E-state index contributed by atoms with van der Waals surface area (Å²) in [5.41, 5.74) is 3.98. The Morgan fingerprint density at radius 2 is 2.15 bits per heavy atom. The highest BCUT2D eigenvalue weighted by Crippen LogP contribution is 2.33. The van der Waals surface area contributed by atoms with E-state index in [2.05, 4.69) is 0 Å². The SMILES string of the molecule is CN1CC[C@H](Oc2ccc(C(F)(F)F)cc2C(N)=O)C1. The molecule has 1 amide bonds. The molecule has 0 radical (unpaired) electrons. The normalized spacial score (nSPS) is 20.1. The second-order valence-electron chi connectivity index (χ2n) is 4.86. The Hall–Kier alpha value is -1.76. The first-order chi connectivity index (χ1) is 9.27. The molecule has 4 nitrogen and oxygen atoms in total. The van der Waals surface area contributed by atoms with E-state index in [4.69, 9.17) is 10.5 Å². The number of carbonyl (C=O) groups is 1. The van der Waals surface area contributed by atoms with Crippen LogP contribution in [-0.2, 0) is 6.18 Å². The van der Waals surface area contributed by atoms with Crippen LogP contribution in [-0.4, -0.2) is 37.0 Å². The van der Waals surface area contributed by atoms with Crippen LogP contribution in [0.1, 0.15) is 22.3 Å². The summed E-state index contributed by atoms with van der Waals surface area (Å²) in [6.07, 6.45) is -3.90. The summed E-state index contributed by atoms with van der Waals surface area (Å²) >= 11 is 0. The predicted molar refractivity (Wildman–Crippen MR) is 66.5 cm³/mol. The number of hydrogen-bond acceptors (Lipinski definition) is 3. The molecule has 1 aromatic carbocycles. The van der Waals surface area contributed by atoms with Crippen molar-refractivity contribution in [3.8, 4) is 5.75 Å². The van der Waals surface area contributed by atoms with Crippen molar-refractivity contribution in [1.29, 1.82) is 0 Å². The number of likely N-dealkylation sites (N-methyl/N-ethyl adjacent to an activating group) is 1. The summed E-state index contributed by atoms with van der Waals surface area (Å²) < 4.78 is 43.5. The van der Waals surface area contributed by atoms with Crippen molar-refractivity contribution < 1.29 is 22.7 Å². The van der Waals surface area contributed by atoms with Crippen LogP contribution >= 0.6 is 0 Å². The minimum atomic E-state index is -4.52. The minimum absolute atomic E-state index is 0.103. The predicted octanol–water partition coefficient (Wildman–Crippen LogP) is 1.89. The third-order valence-corrected chi connectivity index (χ3v) is 3.21. The molecule has 2 rings (SSSR count). The van der Waals surface area contributed by atoms with E-state index in [-0.39, 0.29) is 17.4 Å². The van der Waals surface area contributed by atoms with Gasteiger partial charge in [-0.15, -0.1) is 0 Å². The Bertz CT molecular complexity index is 517. The minimum Gasteiger partial charge on any atom is -0.488 e. The molecule has 1 fully saturated rings. The van der Waals surface area contributed by atoms with Gasteiger partial charge in [0, 0.05) is 13.1 Å². The van der Waals surface area contributed by atoms with E-state index in [1.165, 1.54) is 0 Å². The quantitative estimate of drug-likeness (QED) is 0.924. The molecule has 20 heavy (non-hydrogen) atoms. The molecule has 0 aliphatic carbocycles. The maximum atomic E-state index is 12.6. The van der Waals surface area contributed by atoms with Gasteiger partial charge in [0.1, 0.15) is 11.9 Å². The van der Waals surface area contributed by atoms with Crippen LogP contribution in [0.4, 0.5) is 13.2 Å². The van der Waals surface area contributed by atoms with Crippen molar-refractivity contribution in [2.24, 2.45) is 5.73 Å². The van der Waals surface area contributed by atoms with Gasteiger partial charge in [-0.05, 0) is 31.7 Å². The Labute approximate surface area is 114 Å². The summed E-state index contributed by atoms with van der Waals surface area (Å²) in [4.78, 5) is 13.3. The van der Waals surface area contributed by atoms with Crippen molar-refractivity contribution in [2.75, 3.05) is 20.1 Å². The third kappa shape index (κ3) is 3.22. The first kappa shape index (κ1) is 14.6. The van der Waals surface area contributed by atoms with E-state index in [0.717, 1.165) is 31.2 Å². The molecule has 0 aromatic heterocycles. The summed E-state index contributed by atoms with van der Waals surface area (Å²) in [5.74, 6) is -0.830. The summed E-state index contributed by atoms with van der Waals surface area (Å²) in [5, 5.41) is 0. The molecule has 0 saturated carbocycles. The lowest BCUT2D eigenvalue weighted by Gasteiger charge is -2.17. The maximum absolute atomic E-state index is 12.6. The van der Waals surface area contributed by atoms with Crippen LogP contribution < -0.4 is 10.5 Å². The number of nitrogens with zero attached hydrogens (tertiary/aromatic N) is 1. The van der Waals surface area contributed by atoms with Gasteiger partial charge < -0.3 is 15.4 Å². The third-order valence-electron chi connectivity index (χ3n) is 3.21. The number of halogens is 3. The zero-order valence-electron chi connectivity index (χ0n) is 10.9. The lowest BCUT2D eigenvalue weighted by atomic mass is 10.1. The zero-order valence-corrected chi connectivity index (χ0v) is 10.9. The number of likely N-dealkylation sites (tertiary alicyclic amines) is 1. The molecule has 0 unspecified atom stereocenters. The number of primary amides is 1. The van der Waals surface area contributed by atoms with Crippen LogP contribution in [0, 0.1) is 0 Å². The highest BCUT2D eigenvalue weighted by molar-refractivity contribution is 5.95. The van der Waals surface area contributed by atoms with Crippen LogP contribution in [0.5, 0.6) is 5.75 Å². The number of hydrogen-bond donors (Lipinski definition) is 1. The second-order valence-corrected chi connectivity index (χ2v) is 4.86. The lowest BCUT2D eigenvalue weighted by Crippen LogP contribution is -2.23. The van der Waals surface area contributed by atoms with E-state index in [9.17, 15) is 18.0 Å². The van der Waals surface area contributed by atoms with Gasteiger partial charge in [0.05, 0.1) is 11.1 Å². The standard InChI is InChI=1S/C13H15F3N2O2/c1-18-5-4-9(7-18)20-11-3-2-8(13(14,15)16)6-10(11)12(17)19/h2-3,6,9H,4-5,7H2,1H3,(H2,17,19)/t9-/m0/s1. The van der Waals surface area contributed by atoms with Crippen molar-refractivity contribution >= 4 is 5.91 Å². The molecule has 1 aliphatic heterocycles. The second kappa shape index (κ2) is 5.32. The summed E-state index contributed by atoms with van der Waals surface area (Å²) in [6, 6.07) is 2.78. The average Bonchev–Trinajstić information content (AvgIpc) is 2.73.